The maximum Gasteiger partial charge on any atom is 0.420 e. The van der Waals surface area contributed by atoms with E-state index in [9.17, 15) is 18.0 Å². The summed E-state index contributed by atoms with van der Waals surface area (Å²) in [6.07, 6.45) is -0.0914. The third kappa shape index (κ3) is 4.67. The predicted molar refractivity (Wildman–Crippen MR) is 116 cm³/mol. The number of carbonyl (C=O) groups is 1. The third-order valence-electron chi connectivity index (χ3n) is 6.08. The van der Waals surface area contributed by atoms with Crippen molar-refractivity contribution in [1.82, 2.24) is 25.1 Å². The van der Waals surface area contributed by atoms with Gasteiger partial charge in [0.2, 0.25) is 5.76 Å². The SMILES string of the molecule is Cc1ncc(CNC(=O)c2oc3c(c2C(F)(F)F)-c2nn(C[C@H]4COCCO4)cc2[C@H](C)C3)cn1. The molecule has 1 amide bonds. The molecule has 0 spiro atoms. The molecule has 0 radical (unpaired) electrons. The minimum atomic E-state index is -4.82. The number of furan rings is 1. The lowest BCUT2D eigenvalue weighted by Crippen LogP contribution is -2.32. The first-order valence-electron chi connectivity index (χ1n) is 11.3. The van der Waals surface area contributed by atoms with E-state index in [-0.39, 0.29) is 42.0 Å². The van der Waals surface area contributed by atoms with E-state index in [1.54, 1.807) is 17.8 Å². The van der Waals surface area contributed by atoms with Gasteiger partial charge in [-0.15, -0.1) is 0 Å². The average Bonchev–Trinajstić information content (AvgIpc) is 3.41. The fourth-order valence-corrected chi connectivity index (χ4v) is 4.40. The van der Waals surface area contributed by atoms with Crippen molar-refractivity contribution in [3.8, 4) is 11.3 Å². The number of nitrogens with one attached hydrogen (secondary N) is 1. The second kappa shape index (κ2) is 9.08. The zero-order valence-electron chi connectivity index (χ0n) is 19.2. The molecule has 12 heteroatoms. The molecule has 0 bridgehead atoms. The van der Waals surface area contributed by atoms with E-state index >= 15 is 0 Å². The Bertz CT molecular complexity index is 1230. The van der Waals surface area contributed by atoms with E-state index in [0.29, 0.717) is 43.3 Å². The highest BCUT2D eigenvalue weighted by atomic mass is 19.4. The van der Waals surface area contributed by atoms with Gasteiger partial charge in [0.05, 0.1) is 37.6 Å². The molecule has 186 valence electrons. The summed E-state index contributed by atoms with van der Waals surface area (Å²) >= 11 is 0. The van der Waals surface area contributed by atoms with Gasteiger partial charge in [-0.05, 0) is 12.8 Å². The molecular formula is C23H24F3N5O4. The van der Waals surface area contributed by atoms with Crippen molar-refractivity contribution in [2.75, 3.05) is 19.8 Å². The van der Waals surface area contributed by atoms with Gasteiger partial charge < -0.3 is 19.2 Å². The maximum atomic E-state index is 14.3. The number of hydrogen-bond acceptors (Lipinski definition) is 7. The molecule has 0 unspecified atom stereocenters. The zero-order chi connectivity index (χ0) is 24.7. The molecule has 3 aromatic rings. The van der Waals surface area contributed by atoms with Crippen molar-refractivity contribution in [1.29, 1.82) is 0 Å². The van der Waals surface area contributed by atoms with Gasteiger partial charge in [0.15, 0.2) is 0 Å². The number of amides is 1. The van der Waals surface area contributed by atoms with Crippen LogP contribution in [-0.4, -0.2) is 51.6 Å². The first-order valence-corrected chi connectivity index (χ1v) is 11.3. The van der Waals surface area contributed by atoms with Crippen LogP contribution >= 0.6 is 0 Å². The quantitative estimate of drug-likeness (QED) is 0.584. The van der Waals surface area contributed by atoms with E-state index in [1.165, 1.54) is 12.4 Å². The van der Waals surface area contributed by atoms with Crippen molar-refractivity contribution in [2.24, 2.45) is 0 Å². The fourth-order valence-electron chi connectivity index (χ4n) is 4.40. The van der Waals surface area contributed by atoms with Crippen LogP contribution in [0.15, 0.2) is 23.0 Å². The fraction of sp³-hybridized carbons (Fsp3) is 0.478. The lowest BCUT2D eigenvalue weighted by Gasteiger charge is -2.22. The number of rotatable bonds is 5. The first-order chi connectivity index (χ1) is 16.7. The van der Waals surface area contributed by atoms with Crippen LogP contribution in [0.2, 0.25) is 0 Å². The van der Waals surface area contributed by atoms with Gasteiger partial charge in [-0.3, -0.25) is 9.48 Å². The summed E-state index contributed by atoms with van der Waals surface area (Å²) in [6.45, 7) is 5.26. The Labute approximate surface area is 198 Å². The van der Waals surface area contributed by atoms with Gasteiger partial charge in [-0.25, -0.2) is 9.97 Å². The number of aromatic nitrogens is 4. The Morgan fingerprint density at radius 1 is 1.26 bits per heavy atom. The molecule has 2 aliphatic rings. The molecule has 4 heterocycles. The van der Waals surface area contributed by atoms with E-state index in [0.717, 1.165) is 0 Å². The molecule has 1 aliphatic carbocycles. The molecule has 0 aromatic carbocycles. The van der Waals surface area contributed by atoms with E-state index in [1.807, 2.05) is 6.92 Å². The Kier molecular flexibility index (Phi) is 6.09. The Morgan fingerprint density at radius 3 is 2.71 bits per heavy atom. The molecule has 2 atom stereocenters. The van der Waals surface area contributed by atoms with Gasteiger partial charge in [-0.1, -0.05) is 6.92 Å². The number of halogens is 3. The largest absolute Gasteiger partial charge is 0.455 e. The van der Waals surface area contributed by atoms with Crippen LogP contribution in [0.3, 0.4) is 0 Å². The van der Waals surface area contributed by atoms with E-state index in [4.69, 9.17) is 13.9 Å². The minimum Gasteiger partial charge on any atom is -0.455 e. The lowest BCUT2D eigenvalue weighted by molar-refractivity contribution is -0.137. The van der Waals surface area contributed by atoms with Crippen molar-refractivity contribution >= 4 is 5.91 Å². The highest BCUT2D eigenvalue weighted by molar-refractivity contribution is 5.96. The zero-order valence-corrected chi connectivity index (χ0v) is 19.2. The number of alkyl halides is 3. The number of carbonyl (C=O) groups excluding carboxylic acids is 1. The van der Waals surface area contributed by atoms with Gasteiger partial charge in [-0.2, -0.15) is 18.3 Å². The maximum absolute atomic E-state index is 14.3. The molecule has 3 aromatic heterocycles. The molecule has 0 saturated carbocycles. The van der Waals surface area contributed by atoms with Crippen molar-refractivity contribution in [2.45, 2.75) is 51.6 Å². The molecule has 1 aliphatic heterocycles. The third-order valence-corrected chi connectivity index (χ3v) is 6.08. The topological polar surface area (TPSA) is 104 Å². The van der Waals surface area contributed by atoms with Crippen LogP contribution in [0, 0.1) is 6.92 Å². The molecule has 5 rings (SSSR count). The molecule has 9 nitrogen and oxygen atoms in total. The van der Waals surface area contributed by atoms with E-state index in [2.05, 4.69) is 20.4 Å². The summed E-state index contributed by atoms with van der Waals surface area (Å²) in [5.74, 6) is -1.22. The summed E-state index contributed by atoms with van der Waals surface area (Å²) in [6, 6.07) is 0. The summed E-state index contributed by atoms with van der Waals surface area (Å²) in [5, 5.41) is 6.94. The standard InChI is InChI=1S/C23H24F3N5O4/c1-12-5-17-18(20-16(12)10-31(30-20)9-15-11-33-3-4-34-15)19(23(24,25)26)21(35-17)22(32)29-8-14-6-27-13(2)28-7-14/h6-7,10,12,15H,3-5,8-9,11H2,1-2H3,(H,29,32)/t12-,15+/m1/s1. The van der Waals surface area contributed by atoms with Crippen LogP contribution in [0.1, 0.15) is 51.7 Å². The number of fused-ring (bicyclic) bond motifs is 3. The minimum absolute atomic E-state index is 0.0402. The first kappa shape index (κ1) is 23.5. The van der Waals surface area contributed by atoms with Crippen LogP contribution in [0.4, 0.5) is 13.2 Å². The molecule has 1 saturated heterocycles. The number of hydrogen-bond donors (Lipinski definition) is 1. The summed E-state index contributed by atoms with van der Waals surface area (Å²) in [4.78, 5) is 20.9. The lowest BCUT2D eigenvalue weighted by atomic mass is 9.86. The summed E-state index contributed by atoms with van der Waals surface area (Å²) in [7, 11) is 0. The molecule has 1 N–H and O–H groups in total. The Hall–Kier alpha value is -3.25. The van der Waals surface area contributed by atoms with Crippen LogP contribution in [-0.2, 0) is 35.2 Å². The number of nitrogens with zero attached hydrogens (tertiary/aromatic N) is 4. The van der Waals surface area contributed by atoms with Crippen LogP contribution in [0.5, 0.6) is 0 Å². The normalized spacial score (nSPS) is 19.8. The molecule has 1 fully saturated rings. The second-order valence-electron chi connectivity index (χ2n) is 8.75. The summed E-state index contributed by atoms with van der Waals surface area (Å²) < 4.78 is 61.0. The monoisotopic (exact) mass is 491 g/mol. The van der Waals surface area contributed by atoms with Crippen molar-refractivity contribution in [3.05, 3.63) is 52.6 Å². The Balaban J connectivity index is 1.47. The number of aryl methyl sites for hydroxylation is 1. The van der Waals surface area contributed by atoms with Gasteiger partial charge >= 0.3 is 6.18 Å². The summed E-state index contributed by atoms with van der Waals surface area (Å²) in [5.41, 5.74) is 0.119. The Morgan fingerprint density at radius 2 is 2.03 bits per heavy atom. The van der Waals surface area contributed by atoms with Crippen molar-refractivity contribution < 1.29 is 31.9 Å². The van der Waals surface area contributed by atoms with E-state index < -0.39 is 23.4 Å². The van der Waals surface area contributed by atoms with Gasteiger partial charge in [0.1, 0.15) is 23.3 Å². The van der Waals surface area contributed by atoms with Gasteiger partial charge in [0.25, 0.3) is 5.91 Å². The smallest absolute Gasteiger partial charge is 0.420 e. The van der Waals surface area contributed by atoms with Crippen LogP contribution in [0.25, 0.3) is 11.3 Å². The predicted octanol–water partition coefficient (Wildman–Crippen LogP) is 3.27. The highest BCUT2D eigenvalue weighted by Gasteiger charge is 2.46. The van der Waals surface area contributed by atoms with Gasteiger partial charge in [0, 0.05) is 42.7 Å². The average molecular weight is 491 g/mol. The van der Waals surface area contributed by atoms with Crippen LogP contribution < -0.4 is 5.32 Å². The molecule has 35 heavy (non-hydrogen) atoms. The second-order valence-corrected chi connectivity index (χ2v) is 8.75. The highest BCUT2D eigenvalue weighted by Crippen LogP contribution is 2.48. The number of ether oxygens (including phenoxy) is 2. The van der Waals surface area contributed by atoms with Crippen molar-refractivity contribution in [3.63, 3.8) is 0 Å². The molecular weight excluding hydrogens is 467 g/mol.